The van der Waals surface area contributed by atoms with Crippen LogP contribution in [0, 0.1) is 5.92 Å². The van der Waals surface area contributed by atoms with Gasteiger partial charge in [-0.3, -0.25) is 9.69 Å². The highest BCUT2D eigenvalue weighted by molar-refractivity contribution is 5.76. The van der Waals surface area contributed by atoms with Crippen molar-refractivity contribution in [2.24, 2.45) is 5.92 Å². The lowest BCUT2D eigenvalue weighted by atomic mass is 9.93. The summed E-state index contributed by atoms with van der Waals surface area (Å²) in [6.45, 7) is 0.711. The van der Waals surface area contributed by atoms with Crippen LogP contribution in [0.5, 0.6) is 0 Å². The van der Waals surface area contributed by atoms with Crippen LogP contribution in [0.3, 0.4) is 0 Å². The molecule has 7 heteroatoms. The molecule has 1 fully saturated rings. The highest BCUT2D eigenvalue weighted by Gasteiger charge is 2.32. The number of aryl methyl sites for hydroxylation is 1. The molecule has 0 unspecified atom stereocenters. The molecule has 25 heavy (non-hydrogen) atoms. The van der Waals surface area contributed by atoms with E-state index >= 15 is 0 Å². The van der Waals surface area contributed by atoms with Gasteiger partial charge in [-0.2, -0.15) is 13.2 Å². The molecule has 4 nitrogen and oxygen atoms in total. The van der Waals surface area contributed by atoms with E-state index < -0.39 is 12.7 Å². The number of para-hydroxylation sites is 1. The van der Waals surface area contributed by atoms with E-state index in [1.165, 1.54) is 4.90 Å². The van der Waals surface area contributed by atoms with Gasteiger partial charge in [0.1, 0.15) is 0 Å². The SMILES string of the molecule is Nc1ccccc1CCC(=O)NCCC1CCN(CC(F)(F)F)CC1. The zero-order valence-corrected chi connectivity index (χ0v) is 14.3. The number of carbonyl (C=O) groups is 1. The second-order valence-electron chi connectivity index (χ2n) is 6.67. The molecule has 1 saturated heterocycles. The average Bonchev–Trinajstić information content (AvgIpc) is 2.54. The largest absolute Gasteiger partial charge is 0.401 e. The minimum Gasteiger partial charge on any atom is -0.399 e. The van der Waals surface area contributed by atoms with Gasteiger partial charge in [0.05, 0.1) is 6.54 Å². The van der Waals surface area contributed by atoms with Crippen LogP contribution in [0.1, 0.15) is 31.2 Å². The Morgan fingerprint density at radius 2 is 1.92 bits per heavy atom. The van der Waals surface area contributed by atoms with Crippen LogP contribution in [-0.4, -0.2) is 43.2 Å². The van der Waals surface area contributed by atoms with Gasteiger partial charge in [0, 0.05) is 18.7 Å². The lowest BCUT2D eigenvalue weighted by Crippen LogP contribution is -2.40. The Balaban J connectivity index is 1.58. The number of anilines is 1. The third-order valence-corrected chi connectivity index (χ3v) is 4.66. The number of nitrogens with two attached hydrogens (primary N) is 1. The number of alkyl halides is 3. The van der Waals surface area contributed by atoms with Gasteiger partial charge in [0.15, 0.2) is 0 Å². The number of benzene rings is 1. The normalized spacial score (nSPS) is 16.8. The number of rotatable bonds is 7. The van der Waals surface area contributed by atoms with Crippen molar-refractivity contribution in [3.8, 4) is 0 Å². The Bertz CT molecular complexity index is 555. The Morgan fingerprint density at radius 3 is 2.56 bits per heavy atom. The third kappa shape index (κ3) is 7.34. The molecule has 140 valence electrons. The van der Waals surface area contributed by atoms with Crippen molar-refractivity contribution in [3.63, 3.8) is 0 Å². The predicted molar refractivity (Wildman–Crippen MR) is 92.0 cm³/mol. The molecule has 3 N–H and O–H groups in total. The molecule has 1 aliphatic heterocycles. The van der Waals surface area contributed by atoms with Gasteiger partial charge in [-0.1, -0.05) is 18.2 Å². The van der Waals surface area contributed by atoms with E-state index in [0.29, 0.717) is 44.1 Å². The van der Waals surface area contributed by atoms with Crippen LogP contribution in [0.25, 0.3) is 0 Å². The number of nitrogens with one attached hydrogen (secondary N) is 1. The maximum Gasteiger partial charge on any atom is 0.401 e. The van der Waals surface area contributed by atoms with Crippen LogP contribution in [0.4, 0.5) is 18.9 Å². The van der Waals surface area contributed by atoms with Crippen molar-refractivity contribution >= 4 is 11.6 Å². The van der Waals surface area contributed by atoms with E-state index in [1.807, 2.05) is 24.3 Å². The van der Waals surface area contributed by atoms with E-state index in [-0.39, 0.29) is 5.91 Å². The lowest BCUT2D eigenvalue weighted by Gasteiger charge is -2.32. The number of likely N-dealkylation sites (tertiary alicyclic amines) is 1. The number of hydrogen-bond donors (Lipinski definition) is 2. The fraction of sp³-hybridized carbons (Fsp3) is 0.611. The van der Waals surface area contributed by atoms with E-state index in [4.69, 9.17) is 5.73 Å². The van der Waals surface area contributed by atoms with Gasteiger partial charge in [0.2, 0.25) is 5.91 Å². The van der Waals surface area contributed by atoms with Crippen LogP contribution >= 0.6 is 0 Å². The summed E-state index contributed by atoms with van der Waals surface area (Å²) in [5.41, 5.74) is 7.51. The maximum absolute atomic E-state index is 12.4. The highest BCUT2D eigenvalue weighted by atomic mass is 19.4. The average molecular weight is 357 g/mol. The van der Waals surface area contributed by atoms with E-state index in [1.54, 1.807) is 0 Å². The Hall–Kier alpha value is -1.76. The second-order valence-corrected chi connectivity index (χ2v) is 6.67. The molecule has 0 saturated carbocycles. The van der Waals surface area contributed by atoms with Gasteiger partial charge in [-0.15, -0.1) is 0 Å². The molecule has 1 aliphatic rings. The maximum atomic E-state index is 12.4. The first kappa shape index (κ1) is 19.6. The van der Waals surface area contributed by atoms with Gasteiger partial charge in [-0.05, 0) is 56.3 Å². The number of nitrogen functional groups attached to an aromatic ring is 1. The first-order chi connectivity index (χ1) is 11.8. The Kier molecular flexibility index (Phi) is 7.11. The molecule has 1 aromatic carbocycles. The summed E-state index contributed by atoms with van der Waals surface area (Å²) in [5.74, 6) is 0.368. The molecule has 0 radical (unpaired) electrons. The van der Waals surface area contributed by atoms with Crippen molar-refractivity contribution in [1.82, 2.24) is 10.2 Å². The van der Waals surface area contributed by atoms with Crippen LogP contribution in [-0.2, 0) is 11.2 Å². The number of carbonyl (C=O) groups excluding carboxylic acids is 1. The summed E-state index contributed by atoms with van der Waals surface area (Å²) in [6.07, 6.45) is -0.798. The molecule has 0 atom stereocenters. The zero-order chi connectivity index (χ0) is 18.3. The third-order valence-electron chi connectivity index (χ3n) is 4.66. The first-order valence-electron chi connectivity index (χ1n) is 8.72. The summed E-state index contributed by atoms with van der Waals surface area (Å²) in [5, 5.41) is 2.90. The molecule has 1 amide bonds. The van der Waals surface area contributed by atoms with Crippen molar-refractivity contribution in [2.75, 3.05) is 31.9 Å². The summed E-state index contributed by atoms with van der Waals surface area (Å²) in [7, 11) is 0. The molecule has 0 bridgehead atoms. The lowest BCUT2D eigenvalue weighted by molar-refractivity contribution is -0.148. The smallest absolute Gasteiger partial charge is 0.399 e. The topological polar surface area (TPSA) is 58.4 Å². The van der Waals surface area contributed by atoms with E-state index in [0.717, 1.165) is 24.8 Å². The molecule has 1 aromatic rings. The molecule has 0 aromatic heterocycles. The Labute approximate surface area is 146 Å². The van der Waals surface area contributed by atoms with Gasteiger partial charge < -0.3 is 11.1 Å². The van der Waals surface area contributed by atoms with Crippen LogP contribution in [0.15, 0.2) is 24.3 Å². The number of nitrogens with zero attached hydrogens (tertiary/aromatic N) is 1. The molecule has 1 heterocycles. The predicted octanol–water partition coefficient (Wildman–Crippen LogP) is 2.98. The molecule has 0 aliphatic carbocycles. The monoisotopic (exact) mass is 357 g/mol. The standard InChI is InChI=1S/C18H26F3N3O/c19-18(20,21)13-24-11-8-14(9-12-24)7-10-23-17(25)6-5-15-3-1-2-4-16(15)22/h1-4,14H,5-13,22H2,(H,23,25). The van der Waals surface area contributed by atoms with Crippen LogP contribution < -0.4 is 11.1 Å². The minimum atomic E-state index is -4.12. The minimum absolute atomic E-state index is 0.0160. The molecule has 0 spiro atoms. The Morgan fingerprint density at radius 1 is 1.24 bits per heavy atom. The van der Waals surface area contributed by atoms with Gasteiger partial charge in [-0.25, -0.2) is 0 Å². The molecular weight excluding hydrogens is 331 g/mol. The summed E-state index contributed by atoms with van der Waals surface area (Å²) < 4.78 is 37.1. The fourth-order valence-corrected chi connectivity index (χ4v) is 3.20. The summed E-state index contributed by atoms with van der Waals surface area (Å²) in [4.78, 5) is 13.4. The molecular formula is C18H26F3N3O. The van der Waals surface area contributed by atoms with Crippen LogP contribution in [0.2, 0.25) is 0 Å². The summed E-state index contributed by atoms with van der Waals surface area (Å²) >= 11 is 0. The number of hydrogen-bond acceptors (Lipinski definition) is 3. The summed E-state index contributed by atoms with van der Waals surface area (Å²) in [6, 6.07) is 7.49. The van der Waals surface area contributed by atoms with Crippen molar-refractivity contribution in [3.05, 3.63) is 29.8 Å². The number of piperidine rings is 1. The molecule has 2 rings (SSSR count). The second kappa shape index (κ2) is 9.08. The van der Waals surface area contributed by atoms with Crippen molar-refractivity contribution in [1.29, 1.82) is 0 Å². The van der Waals surface area contributed by atoms with Crippen molar-refractivity contribution in [2.45, 2.75) is 38.3 Å². The zero-order valence-electron chi connectivity index (χ0n) is 14.3. The van der Waals surface area contributed by atoms with Gasteiger partial charge >= 0.3 is 6.18 Å². The highest BCUT2D eigenvalue weighted by Crippen LogP contribution is 2.24. The quantitative estimate of drug-likeness (QED) is 0.738. The fourth-order valence-electron chi connectivity index (χ4n) is 3.20. The number of halogens is 3. The van der Waals surface area contributed by atoms with E-state index in [2.05, 4.69) is 5.32 Å². The van der Waals surface area contributed by atoms with E-state index in [9.17, 15) is 18.0 Å². The van der Waals surface area contributed by atoms with Crippen molar-refractivity contribution < 1.29 is 18.0 Å². The first-order valence-corrected chi connectivity index (χ1v) is 8.72. The van der Waals surface area contributed by atoms with Gasteiger partial charge in [0.25, 0.3) is 0 Å². The number of amides is 1.